The van der Waals surface area contributed by atoms with Crippen LogP contribution in [0, 0.1) is 17.2 Å². The molecule has 1 aromatic carbocycles. The second-order valence-corrected chi connectivity index (χ2v) is 9.90. The molecule has 2 heterocycles. The number of piperidine rings is 2. The fourth-order valence-corrected chi connectivity index (χ4v) is 5.35. The smallest absolute Gasteiger partial charge is 0.409 e. The fourth-order valence-electron chi connectivity index (χ4n) is 5.35. The molecule has 1 aliphatic carbocycles. The Kier molecular flexibility index (Phi) is 7.72. The van der Waals surface area contributed by atoms with Crippen molar-refractivity contribution >= 4 is 23.7 Å². The molecule has 35 heavy (non-hydrogen) atoms. The molecule has 8 nitrogen and oxygen atoms in total. The zero-order valence-electron chi connectivity index (χ0n) is 20.3. The van der Waals surface area contributed by atoms with Gasteiger partial charge in [0.05, 0.1) is 6.61 Å². The molecule has 3 fully saturated rings. The maximum Gasteiger partial charge on any atom is 0.409 e. The number of ether oxygens (including phenoxy) is 1. The lowest BCUT2D eigenvalue weighted by molar-refractivity contribution is -0.132. The van der Waals surface area contributed by atoms with Crippen LogP contribution in [0.4, 0.5) is 9.18 Å². The van der Waals surface area contributed by atoms with Gasteiger partial charge < -0.3 is 19.9 Å². The molecule has 1 atom stereocenters. The van der Waals surface area contributed by atoms with Crippen molar-refractivity contribution in [3.63, 3.8) is 0 Å². The first kappa shape index (κ1) is 25.1. The van der Waals surface area contributed by atoms with Crippen molar-refractivity contribution in [3.05, 3.63) is 35.6 Å². The number of hydrogen-bond acceptors (Lipinski definition) is 5. The van der Waals surface area contributed by atoms with E-state index in [2.05, 4.69) is 5.32 Å². The van der Waals surface area contributed by atoms with Gasteiger partial charge in [0.15, 0.2) is 5.78 Å². The minimum atomic E-state index is -0.397. The van der Waals surface area contributed by atoms with Gasteiger partial charge in [-0.1, -0.05) is 0 Å². The summed E-state index contributed by atoms with van der Waals surface area (Å²) in [5.74, 6) is -0.539. The number of carbonyl (C=O) groups is 4. The fraction of sp³-hybridized carbons (Fsp3) is 0.615. The lowest BCUT2D eigenvalue weighted by Crippen LogP contribution is -2.47. The summed E-state index contributed by atoms with van der Waals surface area (Å²) >= 11 is 0. The third kappa shape index (κ3) is 6.00. The van der Waals surface area contributed by atoms with Gasteiger partial charge in [-0.15, -0.1) is 0 Å². The van der Waals surface area contributed by atoms with Crippen LogP contribution in [0.3, 0.4) is 0 Å². The number of Topliss-reactive ketones (excluding diaryl/α,β-unsaturated/α-hetero) is 1. The molecule has 1 spiro atoms. The molecule has 0 aromatic heterocycles. The van der Waals surface area contributed by atoms with Crippen LogP contribution in [-0.4, -0.2) is 72.3 Å². The van der Waals surface area contributed by atoms with Crippen molar-refractivity contribution in [2.45, 2.75) is 57.9 Å². The molecule has 0 radical (unpaired) electrons. The van der Waals surface area contributed by atoms with Gasteiger partial charge in [-0.3, -0.25) is 14.4 Å². The van der Waals surface area contributed by atoms with Crippen LogP contribution in [-0.2, 0) is 14.3 Å². The summed E-state index contributed by atoms with van der Waals surface area (Å²) in [6, 6.07) is 5.44. The van der Waals surface area contributed by atoms with Gasteiger partial charge in [-0.25, -0.2) is 9.18 Å². The van der Waals surface area contributed by atoms with E-state index in [1.54, 1.807) is 16.7 Å². The predicted octanol–water partition coefficient (Wildman–Crippen LogP) is 3.15. The van der Waals surface area contributed by atoms with Crippen molar-refractivity contribution in [2.75, 3.05) is 32.8 Å². The number of carbonyl (C=O) groups excluding carboxylic acids is 4. The Morgan fingerprint density at radius 3 is 2.29 bits per heavy atom. The van der Waals surface area contributed by atoms with Crippen LogP contribution >= 0.6 is 0 Å². The van der Waals surface area contributed by atoms with Gasteiger partial charge >= 0.3 is 6.09 Å². The Bertz CT molecular complexity index is 950. The number of likely N-dealkylation sites (tertiary alicyclic amines) is 2. The first-order valence-corrected chi connectivity index (χ1v) is 12.6. The summed E-state index contributed by atoms with van der Waals surface area (Å²) in [4.78, 5) is 53.0. The molecular formula is C26H34FN3O5. The third-order valence-electron chi connectivity index (χ3n) is 7.72. The summed E-state index contributed by atoms with van der Waals surface area (Å²) in [5, 5.41) is 3.17. The zero-order chi connectivity index (χ0) is 25.0. The summed E-state index contributed by atoms with van der Waals surface area (Å²) in [6.07, 6.45) is 3.84. The summed E-state index contributed by atoms with van der Waals surface area (Å²) in [7, 11) is 0. The predicted molar refractivity (Wildman–Crippen MR) is 126 cm³/mol. The van der Waals surface area contributed by atoms with Crippen LogP contribution in [0.15, 0.2) is 24.3 Å². The lowest BCUT2D eigenvalue weighted by atomic mass is 9.90. The average molecular weight is 488 g/mol. The minimum Gasteiger partial charge on any atom is -0.450 e. The first-order valence-electron chi connectivity index (χ1n) is 12.6. The Morgan fingerprint density at radius 1 is 1.00 bits per heavy atom. The number of halogens is 1. The maximum absolute atomic E-state index is 13.0. The van der Waals surface area contributed by atoms with E-state index < -0.39 is 5.82 Å². The molecule has 2 saturated heterocycles. The molecule has 2 aliphatic heterocycles. The highest BCUT2D eigenvalue weighted by molar-refractivity contribution is 5.97. The third-order valence-corrected chi connectivity index (χ3v) is 7.72. The van der Waals surface area contributed by atoms with Crippen LogP contribution < -0.4 is 5.32 Å². The molecule has 0 bridgehead atoms. The Morgan fingerprint density at radius 2 is 1.66 bits per heavy atom. The topological polar surface area (TPSA) is 96.0 Å². The van der Waals surface area contributed by atoms with Gasteiger partial charge in [-0.05, 0) is 68.7 Å². The highest BCUT2D eigenvalue weighted by atomic mass is 19.1. The summed E-state index contributed by atoms with van der Waals surface area (Å²) in [6.45, 7) is 4.52. The monoisotopic (exact) mass is 487 g/mol. The van der Waals surface area contributed by atoms with Crippen LogP contribution in [0.2, 0.25) is 0 Å². The summed E-state index contributed by atoms with van der Waals surface area (Å²) in [5.41, 5.74) is 0.395. The van der Waals surface area contributed by atoms with Crippen molar-refractivity contribution in [3.8, 4) is 0 Å². The molecule has 190 valence electrons. The highest BCUT2D eigenvalue weighted by Crippen LogP contribution is 2.59. The summed E-state index contributed by atoms with van der Waals surface area (Å²) < 4.78 is 18.1. The van der Waals surface area contributed by atoms with Crippen LogP contribution in [0.25, 0.3) is 0 Å². The molecule has 3 amide bonds. The van der Waals surface area contributed by atoms with E-state index >= 15 is 0 Å². The van der Waals surface area contributed by atoms with E-state index in [0.29, 0.717) is 38.3 Å². The number of nitrogens with zero attached hydrogens (tertiary/aromatic N) is 2. The molecule has 1 unspecified atom stereocenters. The van der Waals surface area contributed by atoms with Gasteiger partial charge in [0.2, 0.25) is 11.8 Å². The number of amides is 3. The quantitative estimate of drug-likeness (QED) is 0.596. The Labute approximate surface area is 205 Å². The van der Waals surface area contributed by atoms with E-state index in [4.69, 9.17) is 4.74 Å². The van der Waals surface area contributed by atoms with E-state index in [1.807, 2.05) is 0 Å². The van der Waals surface area contributed by atoms with E-state index in [9.17, 15) is 23.6 Å². The highest BCUT2D eigenvalue weighted by Gasteiger charge is 2.58. The van der Waals surface area contributed by atoms with Gasteiger partial charge in [0, 0.05) is 56.5 Å². The van der Waals surface area contributed by atoms with Crippen LogP contribution in [0.5, 0.6) is 0 Å². The minimum absolute atomic E-state index is 0.0112. The average Bonchev–Trinajstić information content (AvgIpc) is 3.57. The van der Waals surface area contributed by atoms with E-state index in [1.165, 1.54) is 24.3 Å². The van der Waals surface area contributed by atoms with Crippen molar-refractivity contribution in [1.82, 2.24) is 15.1 Å². The van der Waals surface area contributed by atoms with E-state index in [-0.39, 0.29) is 53.9 Å². The largest absolute Gasteiger partial charge is 0.450 e. The van der Waals surface area contributed by atoms with Gasteiger partial charge in [0.25, 0.3) is 0 Å². The zero-order valence-corrected chi connectivity index (χ0v) is 20.3. The van der Waals surface area contributed by atoms with Crippen molar-refractivity contribution in [1.29, 1.82) is 0 Å². The Balaban J connectivity index is 1.16. The SMILES string of the molecule is CCOC(=O)N1CCC(NC(=O)C2CC23CCN(C(=O)CCC(=O)c2ccc(F)cc2)CC3)CC1. The maximum atomic E-state index is 13.0. The molecule has 4 rings (SSSR count). The van der Waals surface area contributed by atoms with Gasteiger partial charge in [-0.2, -0.15) is 0 Å². The van der Waals surface area contributed by atoms with Crippen LogP contribution in [0.1, 0.15) is 62.2 Å². The molecule has 1 aromatic rings. The second kappa shape index (κ2) is 10.7. The number of benzene rings is 1. The Hall–Kier alpha value is -2.97. The molecule has 1 N–H and O–H groups in total. The molecule has 9 heteroatoms. The second-order valence-electron chi connectivity index (χ2n) is 9.90. The number of nitrogens with one attached hydrogen (secondary N) is 1. The normalized spacial score (nSPS) is 21.5. The lowest BCUT2D eigenvalue weighted by Gasteiger charge is -2.34. The number of ketones is 1. The molecular weight excluding hydrogens is 453 g/mol. The van der Waals surface area contributed by atoms with Crippen molar-refractivity contribution in [2.24, 2.45) is 11.3 Å². The molecule has 1 saturated carbocycles. The standard InChI is InChI=1S/C26H34FN3O5/c1-2-35-25(34)30-13-9-20(10-14-30)28-24(33)21-17-26(21)11-15-29(16-12-26)23(32)8-7-22(31)18-3-5-19(27)6-4-18/h3-6,20-21H,2,7-17H2,1H3,(H,28,33). The van der Waals surface area contributed by atoms with Crippen molar-refractivity contribution < 1.29 is 28.3 Å². The molecule has 3 aliphatic rings. The number of rotatable bonds is 7. The van der Waals surface area contributed by atoms with E-state index in [0.717, 1.165) is 32.1 Å². The van der Waals surface area contributed by atoms with Gasteiger partial charge in [0.1, 0.15) is 5.82 Å². The first-order chi connectivity index (χ1) is 16.8. The number of hydrogen-bond donors (Lipinski definition) is 1.